The van der Waals surface area contributed by atoms with Crippen LogP contribution in [0.3, 0.4) is 0 Å². The first-order valence-corrected chi connectivity index (χ1v) is 7.91. The smallest absolute Gasteiger partial charge is 0.242 e. The van der Waals surface area contributed by atoms with Crippen molar-refractivity contribution in [3.8, 4) is 0 Å². The second-order valence-electron chi connectivity index (χ2n) is 4.52. The van der Waals surface area contributed by atoms with Crippen LogP contribution in [0.25, 0.3) is 0 Å². The van der Waals surface area contributed by atoms with Crippen molar-refractivity contribution in [2.24, 2.45) is 0 Å². The predicted octanol–water partition coefficient (Wildman–Crippen LogP) is -0.311. The van der Waals surface area contributed by atoms with Crippen LogP contribution in [0, 0.1) is 0 Å². The molecule has 1 amide bonds. The zero-order valence-corrected chi connectivity index (χ0v) is 11.5. The Hall–Kier alpha value is -1.60. The standard InChI is InChI=1S/C12H17N3O3S/c1-19(17,18)14-7-6-13-12(16)11-8-9-4-2-3-5-10(9)15-11/h2-5,11,14-15H,6-8H2,1H3,(H,13,16). The minimum atomic E-state index is -3.20. The topological polar surface area (TPSA) is 87.3 Å². The first-order valence-electron chi connectivity index (χ1n) is 6.02. The van der Waals surface area contributed by atoms with Crippen molar-refractivity contribution in [2.75, 3.05) is 24.7 Å². The lowest BCUT2D eigenvalue weighted by molar-refractivity contribution is -0.121. The fourth-order valence-electron chi connectivity index (χ4n) is 2.00. The molecular formula is C12H17N3O3S. The SMILES string of the molecule is CS(=O)(=O)NCCNC(=O)C1Cc2ccccc2N1. The van der Waals surface area contributed by atoms with Gasteiger partial charge in [0.2, 0.25) is 15.9 Å². The number of fused-ring (bicyclic) bond motifs is 1. The van der Waals surface area contributed by atoms with Gasteiger partial charge in [-0.15, -0.1) is 0 Å². The molecule has 1 aromatic rings. The second kappa shape index (κ2) is 5.58. The molecule has 0 aromatic heterocycles. The van der Waals surface area contributed by atoms with Crippen LogP contribution in [-0.4, -0.2) is 39.7 Å². The van der Waals surface area contributed by atoms with Crippen molar-refractivity contribution in [1.29, 1.82) is 0 Å². The molecule has 104 valence electrons. The molecule has 1 heterocycles. The van der Waals surface area contributed by atoms with Gasteiger partial charge in [-0.25, -0.2) is 13.1 Å². The number of carbonyl (C=O) groups excluding carboxylic acids is 1. The maximum absolute atomic E-state index is 11.9. The van der Waals surface area contributed by atoms with E-state index in [-0.39, 0.29) is 25.0 Å². The number of benzene rings is 1. The van der Waals surface area contributed by atoms with Crippen LogP contribution >= 0.6 is 0 Å². The van der Waals surface area contributed by atoms with E-state index >= 15 is 0 Å². The van der Waals surface area contributed by atoms with Crippen LogP contribution in [-0.2, 0) is 21.2 Å². The average Bonchev–Trinajstić information content (AvgIpc) is 2.77. The summed E-state index contributed by atoms with van der Waals surface area (Å²) in [7, 11) is -3.20. The van der Waals surface area contributed by atoms with Gasteiger partial charge in [0.15, 0.2) is 0 Å². The Kier molecular flexibility index (Phi) is 4.06. The van der Waals surface area contributed by atoms with Crippen molar-refractivity contribution in [1.82, 2.24) is 10.0 Å². The fraction of sp³-hybridized carbons (Fsp3) is 0.417. The van der Waals surface area contributed by atoms with E-state index in [2.05, 4.69) is 15.4 Å². The summed E-state index contributed by atoms with van der Waals surface area (Å²) in [4.78, 5) is 11.9. The number of amides is 1. The summed E-state index contributed by atoms with van der Waals surface area (Å²) >= 11 is 0. The predicted molar refractivity (Wildman–Crippen MR) is 73.4 cm³/mol. The molecule has 3 N–H and O–H groups in total. The Balaban J connectivity index is 1.77. The van der Waals surface area contributed by atoms with E-state index in [9.17, 15) is 13.2 Å². The minimum Gasteiger partial charge on any atom is -0.373 e. The van der Waals surface area contributed by atoms with Crippen molar-refractivity contribution < 1.29 is 13.2 Å². The van der Waals surface area contributed by atoms with E-state index in [0.717, 1.165) is 17.5 Å². The molecule has 19 heavy (non-hydrogen) atoms. The summed E-state index contributed by atoms with van der Waals surface area (Å²) in [6.45, 7) is 0.477. The van der Waals surface area contributed by atoms with E-state index in [1.165, 1.54) is 0 Å². The Morgan fingerprint density at radius 2 is 2.11 bits per heavy atom. The molecule has 0 aliphatic carbocycles. The Morgan fingerprint density at radius 1 is 1.37 bits per heavy atom. The van der Waals surface area contributed by atoms with E-state index < -0.39 is 10.0 Å². The van der Waals surface area contributed by atoms with E-state index in [1.807, 2.05) is 24.3 Å². The molecule has 0 radical (unpaired) electrons. The maximum Gasteiger partial charge on any atom is 0.242 e. The quantitative estimate of drug-likeness (QED) is 0.647. The van der Waals surface area contributed by atoms with Gasteiger partial charge in [0, 0.05) is 25.2 Å². The maximum atomic E-state index is 11.9. The zero-order valence-electron chi connectivity index (χ0n) is 10.6. The van der Waals surface area contributed by atoms with Crippen LogP contribution in [0.5, 0.6) is 0 Å². The van der Waals surface area contributed by atoms with Crippen LogP contribution in [0.1, 0.15) is 5.56 Å². The summed E-state index contributed by atoms with van der Waals surface area (Å²) in [6, 6.07) is 7.50. The molecule has 0 bridgehead atoms. The Morgan fingerprint density at radius 3 is 2.79 bits per heavy atom. The minimum absolute atomic E-state index is 0.119. The van der Waals surface area contributed by atoms with E-state index in [4.69, 9.17) is 0 Å². The highest BCUT2D eigenvalue weighted by atomic mass is 32.2. The number of nitrogens with one attached hydrogen (secondary N) is 3. The molecular weight excluding hydrogens is 266 g/mol. The van der Waals surface area contributed by atoms with Gasteiger partial charge in [-0.05, 0) is 11.6 Å². The molecule has 1 atom stereocenters. The van der Waals surface area contributed by atoms with Crippen LogP contribution in [0.15, 0.2) is 24.3 Å². The van der Waals surface area contributed by atoms with Crippen molar-refractivity contribution in [3.63, 3.8) is 0 Å². The summed E-state index contributed by atoms with van der Waals surface area (Å²) in [5.41, 5.74) is 2.11. The number of para-hydroxylation sites is 1. The van der Waals surface area contributed by atoms with Crippen molar-refractivity contribution >= 4 is 21.6 Å². The zero-order chi connectivity index (χ0) is 13.9. The highest BCUT2D eigenvalue weighted by molar-refractivity contribution is 7.88. The molecule has 1 aromatic carbocycles. The third-order valence-corrected chi connectivity index (χ3v) is 3.60. The van der Waals surface area contributed by atoms with Gasteiger partial charge in [-0.1, -0.05) is 18.2 Å². The molecule has 6 nitrogen and oxygen atoms in total. The highest BCUT2D eigenvalue weighted by Gasteiger charge is 2.25. The van der Waals surface area contributed by atoms with Gasteiger partial charge in [0.05, 0.1) is 6.26 Å². The third-order valence-electron chi connectivity index (χ3n) is 2.88. The Bertz CT molecular complexity index is 546. The lowest BCUT2D eigenvalue weighted by Gasteiger charge is -2.11. The molecule has 1 aliphatic rings. The third kappa shape index (κ3) is 3.93. The first-order chi connectivity index (χ1) is 8.96. The molecule has 7 heteroatoms. The molecule has 0 saturated carbocycles. The van der Waals surface area contributed by atoms with Gasteiger partial charge in [0.1, 0.15) is 6.04 Å². The highest BCUT2D eigenvalue weighted by Crippen LogP contribution is 2.24. The first kappa shape index (κ1) is 13.8. The van der Waals surface area contributed by atoms with Gasteiger partial charge < -0.3 is 10.6 Å². The van der Waals surface area contributed by atoms with Gasteiger partial charge >= 0.3 is 0 Å². The van der Waals surface area contributed by atoms with E-state index in [1.54, 1.807) is 0 Å². The normalized spacial score (nSPS) is 17.6. The second-order valence-corrected chi connectivity index (χ2v) is 6.35. The van der Waals surface area contributed by atoms with Crippen LogP contribution in [0.2, 0.25) is 0 Å². The number of rotatable bonds is 5. The average molecular weight is 283 g/mol. The number of carbonyl (C=O) groups is 1. The number of hydrogen-bond donors (Lipinski definition) is 3. The molecule has 1 aliphatic heterocycles. The molecule has 0 saturated heterocycles. The van der Waals surface area contributed by atoms with Crippen LogP contribution in [0.4, 0.5) is 5.69 Å². The van der Waals surface area contributed by atoms with E-state index in [0.29, 0.717) is 6.42 Å². The molecule has 2 rings (SSSR count). The summed E-state index contributed by atoms with van der Waals surface area (Å²) in [5, 5.41) is 5.84. The monoisotopic (exact) mass is 283 g/mol. The van der Waals surface area contributed by atoms with Gasteiger partial charge in [0.25, 0.3) is 0 Å². The fourth-order valence-corrected chi connectivity index (χ4v) is 2.47. The largest absolute Gasteiger partial charge is 0.373 e. The molecule has 1 unspecified atom stereocenters. The number of anilines is 1. The summed E-state index contributed by atoms with van der Waals surface area (Å²) in [5.74, 6) is -0.119. The van der Waals surface area contributed by atoms with Gasteiger partial charge in [-0.2, -0.15) is 0 Å². The van der Waals surface area contributed by atoms with Gasteiger partial charge in [-0.3, -0.25) is 4.79 Å². The summed E-state index contributed by atoms with van der Waals surface area (Å²) in [6.07, 6.45) is 1.74. The Labute approximate surface area is 112 Å². The molecule has 0 spiro atoms. The lowest BCUT2D eigenvalue weighted by atomic mass is 10.1. The summed E-state index contributed by atoms with van der Waals surface area (Å²) < 4.78 is 24.0. The lowest BCUT2D eigenvalue weighted by Crippen LogP contribution is -2.41. The molecule has 0 fully saturated rings. The van der Waals surface area contributed by atoms with Crippen molar-refractivity contribution in [2.45, 2.75) is 12.5 Å². The number of sulfonamides is 1. The van der Waals surface area contributed by atoms with Crippen LogP contribution < -0.4 is 15.4 Å². The number of hydrogen-bond acceptors (Lipinski definition) is 4. The van der Waals surface area contributed by atoms with Crippen molar-refractivity contribution in [3.05, 3.63) is 29.8 Å².